The first-order valence-electron chi connectivity index (χ1n) is 4.43. The first-order chi connectivity index (χ1) is 7.07. The zero-order chi connectivity index (χ0) is 10.9. The Morgan fingerprint density at radius 1 is 1.13 bits per heavy atom. The summed E-state index contributed by atoms with van der Waals surface area (Å²) in [6.45, 7) is 0. The second-order valence-corrected chi connectivity index (χ2v) is 3.20. The van der Waals surface area contributed by atoms with Crippen molar-refractivity contribution in [1.82, 2.24) is 5.43 Å². The maximum absolute atomic E-state index is 12.3. The minimum Gasteiger partial charge on any atom is -0.284 e. The molecule has 1 aromatic carbocycles. The largest absolute Gasteiger partial charge is 0.409 e. The fourth-order valence-electron chi connectivity index (χ4n) is 1.34. The summed E-state index contributed by atoms with van der Waals surface area (Å²) in [7, 11) is 0. The van der Waals surface area contributed by atoms with Crippen LogP contribution in [-0.2, 0) is 0 Å². The van der Waals surface area contributed by atoms with Gasteiger partial charge in [0.2, 0.25) is 0 Å². The standard InChI is InChI=1S/C10H9F3N2/c11-10(12,13)9-6-7-15(14-9)8-4-2-1-3-5-8/h1-7,9,14H. The molecule has 0 spiro atoms. The van der Waals surface area contributed by atoms with Crippen LogP contribution >= 0.6 is 0 Å². The highest BCUT2D eigenvalue weighted by Gasteiger charge is 2.41. The lowest BCUT2D eigenvalue weighted by Crippen LogP contribution is -2.43. The van der Waals surface area contributed by atoms with Crippen molar-refractivity contribution in [2.45, 2.75) is 12.2 Å². The van der Waals surface area contributed by atoms with Gasteiger partial charge < -0.3 is 0 Å². The summed E-state index contributed by atoms with van der Waals surface area (Å²) in [6, 6.07) is 7.21. The second-order valence-electron chi connectivity index (χ2n) is 3.20. The van der Waals surface area contributed by atoms with Crippen molar-refractivity contribution in [3.8, 4) is 0 Å². The van der Waals surface area contributed by atoms with E-state index in [4.69, 9.17) is 0 Å². The molecule has 0 fully saturated rings. The normalized spacial score (nSPS) is 21.0. The molecule has 2 rings (SSSR count). The van der Waals surface area contributed by atoms with Gasteiger partial charge in [-0.15, -0.1) is 0 Å². The van der Waals surface area contributed by atoms with Crippen molar-refractivity contribution in [2.75, 3.05) is 5.01 Å². The summed E-state index contributed by atoms with van der Waals surface area (Å²) < 4.78 is 36.9. The zero-order valence-electron chi connectivity index (χ0n) is 7.70. The number of hydrogen-bond acceptors (Lipinski definition) is 2. The number of halogens is 3. The highest BCUT2D eigenvalue weighted by atomic mass is 19.4. The lowest BCUT2D eigenvalue weighted by Gasteiger charge is -2.21. The Morgan fingerprint density at radius 2 is 1.80 bits per heavy atom. The topological polar surface area (TPSA) is 15.3 Å². The maximum Gasteiger partial charge on any atom is 0.409 e. The predicted octanol–water partition coefficient (Wildman–Crippen LogP) is 2.46. The van der Waals surface area contributed by atoms with Crippen molar-refractivity contribution < 1.29 is 13.2 Å². The number of benzene rings is 1. The molecule has 0 saturated heterocycles. The van der Waals surface area contributed by atoms with Gasteiger partial charge in [0, 0.05) is 6.20 Å². The lowest BCUT2D eigenvalue weighted by molar-refractivity contribution is -0.142. The molecule has 0 bridgehead atoms. The Morgan fingerprint density at radius 3 is 2.33 bits per heavy atom. The van der Waals surface area contributed by atoms with Crippen LogP contribution in [0.5, 0.6) is 0 Å². The van der Waals surface area contributed by atoms with E-state index < -0.39 is 12.2 Å². The van der Waals surface area contributed by atoms with Gasteiger partial charge in [0.25, 0.3) is 0 Å². The minimum absolute atomic E-state index is 0.681. The van der Waals surface area contributed by atoms with Gasteiger partial charge in [0.05, 0.1) is 5.69 Å². The van der Waals surface area contributed by atoms with Crippen molar-refractivity contribution >= 4 is 5.69 Å². The molecule has 0 saturated carbocycles. The first-order valence-corrected chi connectivity index (χ1v) is 4.43. The summed E-state index contributed by atoms with van der Waals surface area (Å²) in [5, 5.41) is 1.36. The van der Waals surface area contributed by atoms with Gasteiger partial charge in [-0.1, -0.05) is 18.2 Å². The first kappa shape index (κ1) is 10.0. The fourth-order valence-corrected chi connectivity index (χ4v) is 1.34. The molecule has 1 aliphatic heterocycles. The number of hydrazine groups is 1. The molecule has 2 nitrogen and oxygen atoms in total. The third-order valence-corrected chi connectivity index (χ3v) is 2.09. The van der Waals surface area contributed by atoms with Crippen LogP contribution in [0.15, 0.2) is 42.6 Å². The summed E-state index contributed by atoms with van der Waals surface area (Å²) in [5.74, 6) is 0. The quantitative estimate of drug-likeness (QED) is 0.772. The zero-order valence-corrected chi connectivity index (χ0v) is 7.70. The molecule has 1 aromatic rings. The summed E-state index contributed by atoms with van der Waals surface area (Å²) >= 11 is 0. The highest BCUT2D eigenvalue weighted by molar-refractivity contribution is 5.49. The molecule has 1 aliphatic rings. The van der Waals surface area contributed by atoms with Gasteiger partial charge in [-0.3, -0.25) is 5.01 Å². The smallest absolute Gasteiger partial charge is 0.284 e. The molecule has 1 heterocycles. The number of para-hydroxylation sites is 1. The van der Waals surface area contributed by atoms with Gasteiger partial charge in [0.1, 0.15) is 6.04 Å². The van der Waals surface area contributed by atoms with Crippen molar-refractivity contribution in [2.24, 2.45) is 0 Å². The van der Waals surface area contributed by atoms with Gasteiger partial charge in [0.15, 0.2) is 0 Å². The average Bonchev–Trinajstić information content (AvgIpc) is 2.67. The van der Waals surface area contributed by atoms with E-state index in [9.17, 15) is 13.2 Å². The molecule has 0 aromatic heterocycles. The molecule has 1 unspecified atom stereocenters. The van der Waals surface area contributed by atoms with E-state index in [0.29, 0.717) is 5.69 Å². The van der Waals surface area contributed by atoms with Gasteiger partial charge in [-0.2, -0.15) is 13.2 Å². The van der Waals surface area contributed by atoms with E-state index in [0.717, 1.165) is 6.08 Å². The SMILES string of the molecule is FC(F)(F)C1C=CN(c2ccccc2)N1. The van der Waals surface area contributed by atoms with E-state index >= 15 is 0 Å². The Labute approximate surface area is 85.0 Å². The molecule has 5 heteroatoms. The van der Waals surface area contributed by atoms with Gasteiger partial charge >= 0.3 is 6.18 Å². The molecule has 1 N–H and O–H groups in total. The van der Waals surface area contributed by atoms with E-state index in [-0.39, 0.29) is 0 Å². The van der Waals surface area contributed by atoms with Crippen LogP contribution in [0.25, 0.3) is 0 Å². The van der Waals surface area contributed by atoms with Crippen LogP contribution in [0.4, 0.5) is 18.9 Å². The Bertz CT molecular complexity index is 359. The van der Waals surface area contributed by atoms with E-state index in [1.54, 1.807) is 24.3 Å². The third-order valence-electron chi connectivity index (χ3n) is 2.09. The summed E-state index contributed by atoms with van der Waals surface area (Å²) in [4.78, 5) is 0. The monoisotopic (exact) mass is 214 g/mol. The third kappa shape index (κ3) is 2.12. The van der Waals surface area contributed by atoms with Crippen LogP contribution in [-0.4, -0.2) is 12.2 Å². The Balaban J connectivity index is 2.10. The number of anilines is 1. The Kier molecular flexibility index (Phi) is 2.40. The van der Waals surface area contributed by atoms with Gasteiger partial charge in [-0.25, -0.2) is 5.43 Å². The van der Waals surface area contributed by atoms with Crippen molar-refractivity contribution in [3.05, 3.63) is 42.6 Å². The number of nitrogens with one attached hydrogen (secondary N) is 1. The number of nitrogens with zero attached hydrogens (tertiary/aromatic N) is 1. The van der Waals surface area contributed by atoms with E-state index in [1.807, 2.05) is 6.07 Å². The minimum atomic E-state index is -4.25. The van der Waals surface area contributed by atoms with Gasteiger partial charge in [-0.05, 0) is 18.2 Å². The van der Waals surface area contributed by atoms with Crippen LogP contribution in [0.3, 0.4) is 0 Å². The maximum atomic E-state index is 12.3. The summed E-state index contributed by atoms with van der Waals surface area (Å²) in [6.07, 6.45) is -1.78. The molecule has 80 valence electrons. The van der Waals surface area contributed by atoms with Crippen LogP contribution in [0, 0.1) is 0 Å². The van der Waals surface area contributed by atoms with Crippen LogP contribution < -0.4 is 10.4 Å². The molecule has 0 radical (unpaired) electrons. The lowest BCUT2D eigenvalue weighted by atomic mass is 10.3. The second kappa shape index (κ2) is 3.58. The van der Waals surface area contributed by atoms with Crippen LogP contribution in [0.2, 0.25) is 0 Å². The molecule has 0 amide bonds. The number of alkyl halides is 3. The molecule has 1 atom stereocenters. The average molecular weight is 214 g/mol. The summed E-state index contributed by atoms with van der Waals surface area (Å²) in [5.41, 5.74) is 3.03. The van der Waals surface area contributed by atoms with Crippen molar-refractivity contribution in [1.29, 1.82) is 0 Å². The number of rotatable bonds is 1. The highest BCUT2D eigenvalue weighted by Crippen LogP contribution is 2.26. The number of hydrogen-bond donors (Lipinski definition) is 1. The predicted molar refractivity (Wildman–Crippen MR) is 51.0 cm³/mol. The Hall–Kier alpha value is -1.49. The van der Waals surface area contributed by atoms with E-state index in [1.165, 1.54) is 11.2 Å². The van der Waals surface area contributed by atoms with Crippen molar-refractivity contribution in [3.63, 3.8) is 0 Å². The molecule has 15 heavy (non-hydrogen) atoms. The fraction of sp³-hybridized carbons (Fsp3) is 0.200. The molecular formula is C10H9F3N2. The molecular weight excluding hydrogens is 205 g/mol. The van der Waals surface area contributed by atoms with Crippen LogP contribution in [0.1, 0.15) is 0 Å². The van der Waals surface area contributed by atoms with E-state index in [2.05, 4.69) is 5.43 Å². The molecule has 0 aliphatic carbocycles.